The molecule has 0 aliphatic carbocycles. The molecular formula is C15H14ClIN2O. The van der Waals surface area contributed by atoms with E-state index in [2.05, 4.69) is 27.9 Å². The fourth-order valence-electron chi connectivity index (χ4n) is 1.83. The molecular weight excluding hydrogens is 387 g/mol. The van der Waals surface area contributed by atoms with E-state index in [0.29, 0.717) is 16.3 Å². The lowest BCUT2D eigenvalue weighted by atomic mass is 10.1. The fraction of sp³-hybridized carbons (Fsp3) is 0.133. The van der Waals surface area contributed by atoms with Gasteiger partial charge in [-0.1, -0.05) is 23.7 Å². The number of nitrogens with one attached hydrogen (secondary N) is 1. The van der Waals surface area contributed by atoms with Crippen molar-refractivity contribution in [3.8, 4) is 0 Å². The van der Waals surface area contributed by atoms with Crippen LogP contribution in [0.1, 0.15) is 28.9 Å². The lowest BCUT2D eigenvalue weighted by Crippen LogP contribution is -2.26. The minimum absolute atomic E-state index is 0.121. The first-order valence-electron chi connectivity index (χ1n) is 6.08. The average Bonchev–Trinajstić information content (AvgIpc) is 2.41. The predicted octanol–water partition coefficient (Wildman–Crippen LogP) is 4.02. The van der Waals surface area contributed by atoms with Gasteiger partial charge in [0, 0.05) is 14.8 Å². The minimum Gasteiger partial charge on any atom is -0.399 e. The Hall–Kier alpha value is -1.27. The summed E-state index contributed by atoms with van der Waals surface area (Å²) in [6.07, 6.45) is 0. The summed E-state index contributed by atoms with van der Waals surface area (Å²) < 4.78 is 0.921. The molecule has 1 unspecified atom stereocenters. The highest BCUT2D eigenvalue weighted by molar-refractivity contribution is 14.1. The molecule has 3 N–H and O–H groups in total. The summed E-state index contributed by atoms with van der Waals surface area (Å²) in [7, 11) is 0. The third-order valence-corrected chi connectivity index (χ3v) is 4.51. The van der Waals surface area contributed by atoms with Crippen LogP contribution in [0.4, 0.5) is 5.69 Å². The number of nitrogens with two attached hydrogens (primary N) is 1. The fourth-order valence-corrected chi connectivity index (χ4v) is 2.35. The first-order valence-corrected chi connectivity index (χ1v) is 7.54. The second kappa shape index (κ2) is 6.45. The van der Waals surface area contributed by atoms with Gasteiger partial charge in [-0.25, -0.2) is 0 Å². The minimum atomic E-state index is -0.154. The van der Waals surface area contributed by atoms with Gasteiger partial charge in [-0.2, -0.15) is 0 Å². The first-order chi connectivity index (χ1) is 9.47. The highest BCUT2D eigenvalue weighted by atomic mass is 127. The molecule has 0 aliphatic rings. The Labute approximate surface area is 136 Å². The van der Waals surface area contributed by atoms with Crippen LogP contribution in [-0.2, 0) is 0 Å². The third-order valence-electron chi connectivity index (χ3n) is 2.94. The van der Waals surface area contributed by atoms with Crippen molar-refractivity contribution >= 4 is 45.8 Å². The molecule has 1 amide bonds. The third kappa shape index (κ3) is 3.64. The molecule has 0 radical (unpaired) electrons. The molecule has 0 aliphatic heterocycles. The lowest BCUT2D eigenvalue weighted by molar-refractivity contribution is 0.0940. The van der Waals surface area contributed by atoms with Crippen molar-refractivity contribution in [3.63, 3.8) is 0 Å². The molecule has 0 fully saturated rings. The van der Waals surface area contributed by atoms with Crippen LogP contribution in [0.3, 0.4) is 0 Å². The van der Waals surface area contributed by atoms with Crippen molar-refractivity contribution < 1.29 is 4.79 Å². The van der Waals surface area contributed by atoms with Crippen LogP contribution in [0.5, 0.6) is 0 Å². The smallest absolute Gasteiger partial charge is 0.251 e. The van der Waals surface area contributed by atoms with Crippen LogP contribution >= 0.6 is 34.2 Å². The number of benzene rings is 2. The standard InChI is InChI=1S/C15H14ClIN2O/c1-9(10-3-2-4-12(18)7-10)19-15(20)11-5-6-14(17)13(16)8-11/h2-9H,18H2,1H3,(H,19,20). The number of hydrogen-bond donors (Lipinski definition) is 2. The Morgan fingerprint density at radius 3 is 2.70 bits per heavy atom. The maximum atomic E-state index is 12.2. The molecule has 104 valence electrons. The van der Waals surface area contributed by atoms with E-state index in [-0.39, 0.29) is 11.9 Å². The van der Waals surface area contributed by atoms with Crippen molar-refractivity contribution in [1.82, 2.24) is 5.32 Å². The van der Waals surface area contributed by atoms with E-state index in [0.717, 1.165) is 9.13 Å². The number of amides is 1. The first kappa shape index (κ1) is 15.1. The zero-order valence-electron chi connectivity index (χ0n) is 10.9. The topological polar surface area (TPSA) is 55.1 Å². The quantitative estimate of drug-likeness (QED) is 0.604. The van der Waals surface area contributed by atoms with Gasteiger partial charge in [-0.3, -0.25) is 4.79 Å². The van der Waals surface area contributed by atoms with Crippen LogP contribution in [0.25, 0.3) is 0 Å². The Bertz CT molecular complexity index is 646. The van der Waals surface area contributed by atoms with Crippen LogP contribution in [-0.4, -0.2) is 5.91 Å². The van der Waals surface area contributed by atoms with E-state index < -0.39 is 0 Å². The van der Waals surface area contributed by atoms with Crippen LogP contribution in [0.2, 0.25) is 5.02 Å². The van der Waals surface area contributed by atoms with E-state index >= 15 is 0 Å². The molecule has 2 aromatic carbocycles. The molecule has 0 spiro atoms. The van der Waals surface area contributed by atoms with Crippen molar-refractivity contribution in [2.24, 2.45) is 0 Å². The maximum Gasteiger partial charge on any atom is 0.251 e. The summed E-state index contributed by atoms with van der Waals surface area (Å²) in [6.45, 7) is 1.92. The molecule has 0 heterocycles. The molecule has 0 aromatic heterocycles. The number of anilines is 1. The summed E-state index contributed by atoms with van der Waals surface area (Å²) in [5, 5.41) is 3.51. The number of hydrogen-bond acceptors (Lipinski definition) is 2. The van der Waals surface area contributed by atoms with E-state index in [1.54, 1.807) is 12.1 Å². The zero-order valence-corrected chi connectivity index (χ0v) is 13.8. The SMILES string of the molecule is CC(NC(=O)c1ccc(I)c(Cl)c1)c1cccc(N)c1. The highest BCUT2D eigenvalue weighted by Crippen LogP contribution is 2.21. The maximum absolute atomic E-state index is 12.2. The van der Waals surface area contributed by atoms with Crippen LogP contribution in [0.15, 0.2) is 42.5 Å². The number of carbonyl (C=O) groups is 1. The van der Waals surface area contributed by atoms with Gasteiger partial charge in [0.05, 0.1) is 11.1 Å². The van der Waals surface area contributed by atoms with Gasteiger partial charge in [0.25, 0.3) is 5.91 Å². The molecule has 5 heteroatoms. The van der Waals surface area contributed by atoms with E-state index in [9.17, 15) is 4.79 Å². The van der Waals surface area contributed by atoms with Crippen molar-refractivity contribution in [2.45, 2.75) is 13.0 Å². The summed E-state index contributed by atoms with van der Waals surface area (Å²) in [4.78, 5) is 12.2. The molecule has 1 atom stereocenters. The number of halogens is 2. The van der Waals surface area contributed by atoms with E-state index in [1.807, 2.05) is 37.3 Å². The molecule has 2 rings (SSSR count). The van der Waals surface area contributed by atoms with Gasteiger partial charge in [0.15, 0.2) is 0 Å². The Morgan fingerprint density at radius 2 is 2.05 bits per heavy atom. The number of carbonyl (C=O) groups excluding carboxylic acids is 1. The average molecular weight is 401 g/mol. The van der Waals surface area contributed by atoms with Gasteiger partial charge in [-0.05, 0) is 65.4 Å². The monoisotopic (exact) mass is 400 g/mol. The van der Waals surface area contributed by atoms with Gasteiger partial charge < -0.3 is 11.1 Å². The van der Waals surface area contributed by atoms with Crippen LogP contribution < -0.4 is 11.1 Å². The Kier molecular flexibility index (Phi) is 4.88. The van der Waals surface area contributed by atoms with Gasteiger partial charge >= 0.3 is 0 Å². The predicted molar refractivity (Wildman–Crippen MR) is 90.9 cm³/mol. The Morgan fingerprint density at radius 1 is 1.30 bits per heavy atom. The summed E-state index contributed by atoms with van der Waals surface area (Å²) in [6, 6.07) is 12.6. The zero-order chi connectivity index (χ0) is 14.7. The number of nitrogen functional groups attached to an aromatic ring is 1. The largest absolute Gasteiger partial charge is 0.399 e. The molecule has 0 bridgehead atoms. The molecule has 0 saturated heterocycles. The van der Waals surface area contributed by atoms with E-state index in [1.165, 1.54) is 0 Å². The van der Waals surface area contributed by atoms with Gasteiger partial charge in [0.1, 0.15) is 0 Å². The van der Waals surface area contributed by atoms with Crippen molar-refractivity contribution in [1.29, 1.82) is 0 Å². The molecule has 2 aromatic rings. The number of rotatable bonds is 3. The summed E-state index contributed by atoms with van der Waals surface area (Å²) in [5.74, 6) is -0.154. The van der Waals surface area contributed by atoms with Crippen molar-refractivity contribution in [3.05, 3.63) is 62.2 Å². The van der Waals surface area contributed by atoms with Gasteiger partial charge in [0.2, 0.25) is 0 Å². The molecule has 3 nitrogen and oxygen atoms in total. The molecule has 0 saturated carbocycles. The Balaban J connectivity index is 2.13. The van der Waals surface area contributed by atoms with Crippen LogP contribution in [0, 0.1) is 3.57 Å². The highest BCUT2D eigenvalue weighted by Gasteiger charge is 2.12. The van der Waals surface area contributed by atoms with Gasteiger partial charge in [-0.15, -0.1) is 0 Å². The molecule has 20 heavy (non-hydrogen) atoms. The van der Waals surface area contributed by atoms with Crippen molar-refractivity contribution in [2.75, 3.05) is 5.73 Å². The lowest BCUT2D eigenvalue weighted by Gasteiger charge is -2.15. The second-order valence-corrected chi connectivity index (χ2v) is 6.06. The summed E-state index contributed by atoms with van der Waals surface area (Å²) >= 11 is 8.15. The normalized spacial score (nSPS) is 11.9. The van der Waals surface area contributed by atoms with E-state index in [4.69, 9.17) is 17.3 Å². The second-order valence-electron chi connectivity index (χ2n) is 4.49. The summed E-state index contributed by atoms with van der Waals surface area (Å²) in [5.41, 5.74) is 7.94.